The van der Waals surface area contributed by atoms with Gasteiger partial charge in [-0.1, -0.05) is 30.3 Å². The number of aliphatic hydroxyl groups excluding tert-OH is 1. The van der Waals surface area contributed by atoms with Crippen molar-refractivity contribution in [1.29, 1.82) is 0 Å². The molecule has 0 aliphatic heterocycles. The van der Waals surface area contributed by atoms with E-state index in [1.165, 1.54) is 0 Å². The lowest BCUT2D eigenvalue weighted by atomic mass is 9.83. The highest BCUT2D eigenvalue weighted by Gasteiger charge is 2.36. The van der Waals surface area contributed by atoms with Crippen LogP contribution in [-0.2, 0) is 16.0 Å². The number of aliphatic hydroxyl groups is 1. The van der Waals surface area contributed by atoms with Crippen molar-refractivity contribution in [2.24, 2.45) is 5.41 Å². The minimum absolute atomic E-state index is 0.341. The summed E-state index contributed by atoms with van der Waals surface area (Å²) in [5.41, 5.74) is 0.307. The maximum Gasteiger partial charge on any atom is 0.314 e. The second-order valence-electron chi connectivity index (χ2n) is 4.98. The van der Waals surface area contributed by atoms with Crippen molar-refractivity contribution in [3.8, 4) is 0 Å². The lowest BCUT2D eigenvalue weighted by molar-refractivity contribution is -0.160. The second kappa shape index (κ2) is 6.55. The quantitative estimate of drug-likeness (QED) is 0.789. The molecule has 1 aromatic carbocycles. The van der Waals surface area contributed by atoms with E-state index in [0.29, 0.717) is 13.0 Å². The first-order chi connectivity index (χ1) is 8.48. The van der Waals surface area contributed by atoms with E-state index >= 15 is 0 Å². The first kappa shape index (κ1) is 14.7. The van der Waals surface area contributed by atoms with Crippen LogP contribution in [0.1, 0.15) is 32.8 Å². The largest absolute Gasteiger partial charge is 0.466 e. The smallest absolute Gasteiger partial charge is 0.314 e. The van der Waals surface area contributed by atoms with Gasteiger partial charge in [-0.2, -0.15) is 0 Å². The number of esters is 1. The fourth-order valence-corrected chi connectivity index (χ4v) is 1.76. The van der Waals surface area contributed by atoms with Crippen molar-refractivity contribution in [2.75, 3.05) is 6.61 Å². The van der Waals surface area contributed by atoms with E-state index in [1.807, 2.05) is 30.3 Å². The Labute approximate surface area is 109 Å². The third kappa shape index (κ3) is 3.84. The van der Waals surface area contributed by atoms with Crippen LogP contribution in [-0.4, -0.2) is 23.8 Å². The van der Waals surface area contributed by atoms with Gasteiger partial charge in [0.15, 0.2) is 0 Å². The van der Waals surface area contributed by atoms with E-state index in [0.717, 1.165) is 12.0 Å². The second-order valence-corrected chi connectivity index (χ2v) is 4.98. The Morgan fingerprint density at radius 3 is 2.50 bits per heavy atom. The first-order valence-electron chi connectivity index (χ1n) is 6.37. The molecule has 0 aromatic heterocycles. The van der Waals surface area contributed by atoms with Crippen molar-refractivity contribution in [1.82, 2.24) is 0 Å². The van der Waals surface area contributed by atoms with Gasteiger partial charge in [0.05, 0.1) is 18.1 Å². The topological polar surface area (TPSA) is 46.5 Å². The molecular formula is C15H22O3. The van der Waals surface area contributed by atoms with Crippen LogP contribution in [0, 0.1) is 5.41 Å². The molecule has 0 spiro atoms. The van der Waals surface area contributed by atoms with Crippen LogP contribution in [0.5, 0.6) is 0 Å². The normalized spacial score (nSPS) is 13.1. The van der Waals surface area contributed by atoms with Gasteiger partial charge in [-0.3, -0.25) is 4.79 Å². The van der Waals surface area contributed by atoms with Gasteiger partial charge in [0, 0.05) is 0 Å². The van der Waals surface area contributed by atoms with Gasteiger partial charge < -0.3 is 9.84 Å². The van der Waals surface area contributed by atoms with Gasteiger partial charge in [0.2, 0.25) is 0 Å². The van der Waals surface area contributed by atoms with Gasteiger partial charge in [-0.15, -0.1) is 0 Å². The zero-order chi connectivity index (χ0) is 13.6. The number of hydrogen-bond donors (Lipinski definition) is 1. The summed E-state index contributed by atoms with van der Waals surface area (Å²) in [5, 5.41) is 10.1. The van der Waals surface area contributed by atoms with E-state index in [-0.39, 0.29) is 5.97 Å². The summed E-state index contributed by atoms with van der Waals surface area (Å²) < 4.78 is 4.98. The Balaban J connectivity index is 2.54. The lowest BCUT2D eigenvalue weighted by Crippen LogP contribution is -2.38. The Hall–Kier alpha value is -1.35. The molecule has 0 heterocycles. The van der Waals surface area contributed by atoms with Gasteiger partial charge in [-0.05, 0) is 39.2 Å². The summed E-state index contributed by atoms with van der Waals surface area (Å²) in [4.78, 5) is 11.7. The molecule has 3 heteroatoms. The number of carbonyl (C=O) groups is 1. The number of aryl methyl sites for hydroxylation is 1. The van der Waals surface area contributed by atoms with Crippen LogP contribution in [0.15, 0.2) is 30.3 Å². The molecule has 1 atom stereocenters. The first-order valence-corrected chi connectivity index (χ1v) is 6.37. The molecule has 0 fully saturated rings. The predicted molar refractivity (Wildman–Crippen MR) is 71.2 cm³/mol. The molecule has 1 rings (SSSR count). The van der Waals surface area contributed by atoms with Gasteiger partial charge in [0.1, 0.15) is 0 Å². The van der Waals surface area contributed by atoms with Crippen molar-refractivity contribution in [3.05, 3.63) is 35.9 Å². The van der Waals surface area contributed by atoms with E-state index in [2.05, 4.69) is 0 Å². The Bertz CT molecular complexity index is 371. The van der Waals surface area contributed by atoms with E-state index < -0.39 is 11.5 Å². The molecule has 1 aromatic rings. The average molecular weight is 250 g/mol. The fraction of sp³-hybridized carbons (Fsp3) is 0.533. The number of ether oxygens (including phenoxy) is 1. The summed E-state index contributed by atoms with van der Waals surface area (Å²) >= 11 is 0. The van der Waals surface area contributed by atoms with Crippen molar-refractivity contribution >= 4 is 5.97 Å². The van der Waals surface area contributed by atoms with Crippen LogP contribution >= 0.6 is 0 Å². The van der Waals surface area contributed by atoms with Crippen LogP contribution in [0.2, 0.25) is 0 Å². The highest BCUT2D eigenvalue weighted by Crippen LogP contribution is 2.26. The number of rotatable bonds is 6. The van der Waals surface area contributed by atoms with Crippen LogP contribution in [0.3, 0.4) is 0 Å². The van der Waals surface area contributed by atoms with E-state index in [9.17, 15) is 9.90 Å². The zero-order valence-electron chi connectivity index (χ0n) is 11.3. The number of hydrogen-bond acceptors (Lipinski definition) is 3. The van der Waals surface area contributed by atoms with Crippen molar-refractivity contribution in [2.45, 2.75) is 39.7 Å². The Kier molecular flexibility index (Phi) is 5.35. The average Bonchev–Trinajstić information content (AvgIpc) is 2.37. The molecule has 0 aliphatic carbocycles. The SMILES string of the molecule is CCOC(=O)C(C)(C)C(O)CCc1ccccc1. The van der Waals surface area contributed by atoms with Gasteiger partial charge in [-0.25, -0.2) is 0 Å². The Morgan fingerprint density at radius 2 is 1.94 bits per heavy atom. The van der Waals surface area contributed by atoms with Crippen molar-refractivity contribution in [3.63, 3.8) is 0 Å². The van der Waals surface area contributed by atoms with Gasteiger partial charge >= 0.3 is 5.97 Å². The molecule has 0 saturated carbocycles. The standard InChI is InChI=1S/C15H22O3/c1-4-18-14(17)15(2,3)13(16)11-10-12-8-6-5-7-9-12/h5-9,13,16H,4,10-11H2,1-3H3. The lowest BCUT2D eigenvalue weighted by Gasteiger charge is -2.28. The molecular weight excluding hydrogens is 228 g/mol. The molecule has 1 N–H and O–H groups in total. The Morgan fingerprint density at radius 1 is 1.33 bits per heavy atom. The van der Waals surface area contributed by atoms with E-state index in [1.54, 1.807) is 20.8 Å². The minimum Gasteiger partial charge on any atom is -0.466 e. The molecule has 1 unspecified atom stereocenters. The molecule has 0 saturated heterocycles. The fourth-order valence-electron chi connectivity index (χ4n) is 1.76. The maximum absolute atomic E-state index is 11.7. The van der Waals surface area contributed by atoms with Crippen LogP contribution in [0.4, 0.5) is 0 Å². The van der Waals surface area contributed by atoms with Crippen LogP contribution < -0.4 is 0 Å². The summed E-state index contributed by atoms with van der Waals surface area (Å²) in [6, 6.07) is 9.94. The van der Waals surface area contributed by atoms with Gasteiger partial charge in [0.25, 0.3) is 0 Å². The summed E-state index contributed by atoms with van der Waals surface area (Å²) in [7, 11) is 0. The molecule has 18 heavy (non-hydrogen) atoms. The number of carbonyl (C=O) groups excluding carboxylic acids is 1. The minimum atomic E-state index is -0.856. The van der Waals surface area contributed by atoms with Crippen molar-refractivity contribution < 1.29 is 14.6 Å². The molecule has 3 nitrogen and oxygen atoms in total. The molecule has 100 valence electrons. The van der Waals surface area contributed by atoms with E-state index in [4.69, 9.17) is 4.74 Å². The zero-order valence-corrected chi connectivity index (χ0v) is 11.3. The monoisotopic (exact) mass is 250 g/mol. The highest BCUT2D eigenvalue weighted by atomic mass is 16.5. The number of benzene rings is 1. The maximum atomic E-state index is 11.7. The predicted octanol–water partition coefficient (Wildman–Crippen LogP) is 2.57. The molecule has 0 amide bonds. The molecule has 0 radical (unpaired) electrons. The third-order valence-electron chi connectivity index (χ3n) is 3.18. The summed E-state index contributed by atoms with van der Waals surface area (Å²) in [6.45, 7) is 5.55. The highest BCUT2D eigenvalue weighted by molar-refractivity contribution is 5.76. The summed E-state index contributed by atoms with van der Waals surface area (Å²) in [5.74, 6) is -0.342. The third-order valence-corrected chi connectivity index (χ3v) is 3.18. The molecule has 0 bridgehead atoms. The van der Waals surface area contributed by atoms with Crippen LogP contribution in [0.25, 0.3) is 0 Å². The molecule has 0 aliphatic rings. The summed E-state index contributed by atoms with van der Waals surface area (Å²) in [6.07, 6.45) is 0.609.